The van der Waals surface area contributed by atoms with Crippen molar-refractivity contribution in [3.8, 4) is 0 Å². The van der Waals surface area contributed by atoms with Crippen LogP contribution in [0.3, 0.4) is 0 Å². The summed E-state index contributed by atoms with van der Waals surface area (Å²) in [5, 5.41) is 3.37. The number of nitrogens with zero attached hydrogens (tertiary/aromatic N) is 1. The Morgan fingerprint density at radius 2 is 2.00 bits per heavy atom. The van der Waals surface area contributed by atoms with Crippen LogP contribution in [-0.4, -0.2) is 30.9 Å². The Hall–Kier alpha value is -0.620. The fraction of sp³-hybridized carbons (Fsp3) is 0.545. The van der Waals surface area contributed by atoms with Gasteiger partial charge in [-0.3, -0.25) is 0 Å². The van der Waals surface area contributed by atoms with Crippen LogP contribution in [0.1, 0.15) is 18.5 Å². The van der Waals surface area contributed by atoms with Gasteiger partial charge in [-0.05, 0) is 47.8 Å². The first-order chi connectivity index (χ1) is 7.96. The van der Waals surface area contributed by atoms with Crippen molar-refractivity contribution in [3.05, 3.63) is 22.4 Å². The van der Waals surface area contributed by atoms with Crippen molar-refractivity contribution in [1.29, 1.82) is 0 Å². The molecule has 0 unspecified atom stereocenters. The number of hydrogen-bond donors (Lipinski definition) is 1. The average Bonchev–Trinajstić information content (AvgIpc) is 2.25. The number of nitrogens with one attached hydrogen (secondary N) is 1. The molecule has 0 amide bonds. The molecule has 0 aromatic carbocycles. The summed E-state index contributed by atoms with van der Waals surface area (Å²) in [6.07, 6.45) is 1.36. The van der Waals surface area contributed by atoms with Gasteiger partial charge in [0, 0.05) is 6.04 Å². The minimum atomic E-state index is -2.79. The van der Waals surface area contributed by atoms with E-state index in [9.17, 15) is 8.42 Å². The number of halogens is 1. The van der Waals surface area contributed by atoms with Gasteiger partial charge in [0.15, 0.2) is 0 Å². The van der Waals surface area contributed by atoms with Crippen LogP contribution in [-0.2, 0) is 9.84 Å². The van der Waals surface area contributed by atoms with E-state index in [1.54, 1.807) is 0 Å². The van der Waals surface area contributed by atoms with Gasteiger partial charge in [-0.25, -0.2) is 13.4 Å². The molecule has 17 heavy (non-hydrogen) atoms. The number of anilines is 1. The third kappa shape index (κ3) is 3.42. The lowest BCUT2D eigenvalue weighted by atomic mass is 10.1. The molecule has 0 aliphatic carbocycles. The summed E-state index contributed by atoms with van der Waals surface area (Å²) in [5.41, 5.74) is 1.91. The molecule has 6 heteroatoms. The van der Waals surface area contributed by atoms with Gasteiger partial charge in [0.25, 0.3) is 0 Å². The van der Waals surface area contributed by atoms with Crippen LogP contribution in [0.15, 0.2) is 16.7 Å². The first kappa shape index (κ1) is 12.8. The standard InChI is InChI=1S/C11H15BrN2O2S/c1-8-10(2-3-11(12)13-8)14-9-4-6-17(15,16)7-5-9/h2-3,9,14H,4-7H2,1H3. The molecule has 1 aliphatic rings. The van der Waals surface area contributed by atoms with Crippen molar-refractivity contribution in [2.45, 2.75) is 25.8 Å². The molecule has 1 aromatic heterocycles. The molecule has 1 aromatic rings. The smallest absolute Gasteiger partial charge is 0.150 e. The summed E-state index contributed by atoms with van der Waals surface area (Å²) in [5.74, 6) is 0.571. The van der Waals surface area contributed by atoms with E-state index in [1.165, 1.54) is 0 Å². The second-order valence-electron chi connectivity index (χ2n) is 4.34. The van der Waals surface area contributed by atoms with E-state index < -0.39 is 9.84 Å². The number of hydrogen-bond acceptors (Lipinski definition) is 4. The summed E-state index contributed by atoms with van der Waals surface area (Å²) >= 11 is 3.32. The van der Waals surface area contributed by atoms with Gasteiger partial charge in [0.1, 0.15) is 14.4 Å². The van der Waals surface area contributed by atoms with Gasteiger partial charge in [0.2, 0.25) is 0 Å². The monoisotopic (exact) mass is 318 g/mol. The van der Waals surface area contributed by atoms with Crippen molar-refractivity contribution in [2.75, 3.05) is 16.8 Å². The fourth-order valence-corrected chi connectivity index (χ4v) is 3.83. The Labute approximate surface area is 110 Å². The van der Waals surface area contributed by atoms with Crippen molar-refractivity contribution in [2.24, 2.45) is 0 Å². The largest absolute Gasteiger partial charge is 0.381 e. The third-order valence-corrected chi connectivity index (χ3v) is 5.12. The highest BCUT2D eigenvalue weighted by atomic mass is 79.9. The van der Waals surface area contributed by atoms with Crippen LogP contribution >= 0.6 is 15.9 Å². The fourth-order valence-electron chi connectivity index (χ4n) is 1.94. The SMILES string of the molecule is Cc1nc(Br)ccc1NC1CCS(=O)(=O)CC1. The zero-order chi connectivity index (χ0) is 12.5. The molecule has 4 nitrogen and oxygen atoms in total. The normalized spacial score (nSPS) is 20.1. The zero-order valence-corrected chi connectivity index (χ0v) is 12.0. The average molecular weight is 319 g/mol. The minimum absolute atomic E-state index is 0.236. The number of aromatic nitrogens is 1. The van der Waals surface area contributed by atoms with Gasteiger partial charge in [-0.15, -0.1) is 0 Å². The van der Waals surface area contributed by atoms with E-state index >= 15 is 0 Å². The minimum Gasteiger partial charge on any atom is -0.381 e. The molecular weight excluding hydrogens is 304 g/mol. The van der Waals surface area contributed by atoms with E-state index in [4.69, 9.17) is 0 Å². The molecular formula is C11H15BrN2O2S. The van der Waals surface area contributed by atoms with Gasteiger partial charge in [-0.1, -0.05) is 0 Å². The Balaban J connectivity index is 2.02. The Morgan fingerprint density at radius 1 is 1.35 bits per heavy atom. The first-order valence-electron chi connectivity index (χ1n) is 5.56. The second kappa shape index (κ2) is 4.94. The predicted octanol–water partition coefficient (Wildman–Crippen LogP) is 2.14. The van der Waals surface area contributed by atoms with E-state index in [0.29, 0.717) is 12.8 Å². The summed E-state index contributed by atoms with van der Waals surface area (Å²) < 4.78 is 23.4. The second-order valence-corrected chi connectivity index (χ2v) is 7.45. The highest BCUT2D eigenvalue weighted by Crippen LogP contribution is 2.21. The molecule has 1 saturated heterocycles. The van der Waals surface area contributed by atoms with Gasteiger partial charge >= 0.3 is 0 Å². The van der Waals surface area contributed by atoms with Crippen LogP contribution < -0.4 is 5.32 Å². The highest BCUT2D eigenvalue weighted by Gasteiger charge is 2.23. The Morgan fingerprint density at radius 3 is 2.59 bits per heavy atom. The van der Waals surface area contributed by atoms with Crippen LogP contribution in [0.25, 0.3) is 0 Å². The zero-order valence-electron chi connectivity index (χ0n) is 9.61. The molecule has 2 rings (SSSR count). The molecule has 1 N–H and O–H groups in total. The predicted molar refractivity (Wildman–Crippen MR) is 72.0 cm³/mol. The quantitative estimate of drug-likeness (QED) is 0.849. The molecule has 2 heterocycles. The number of sulfone groups is 1. The van der Waals surface area contributed by atoms with Gasteiger partial charge in [0.05, 0.1) is 22.9 Å². The molecule has 1 aliphatic heterocycles. The molecule has 0 spiro atoms. The van der Waals surface area contributed by atoms with Crippen molar-refractivity contribution in [3.63, 3.8) is 0 Å². The topological polar surface area (TPSA) is 59.1 Å². The van der Waals surface area contributed by atoms with Crippen LogP contribution in [0.5, 0.6) is 0 Å². The third-order valence-electron chi connectivity index (χ3n) is 2.97. The van der Waals surface area contributed by atoms with E-state index in [1.807, 2.05) is 19.1 Å². The van der Waals surface area contributed by atoms with E-state index in [2.05, 4.69) is 26.2 Å². The summed E-state index contributed by atoms with van der Waals surface area (Å²) in [6.45, 7) is 1.94. The lowest BCUT2D eigenvalue weighted by Crippen LogP contribution is -2.32. The van der Waals surface area contributed by atoms with Crippen molar-refractivity contribution >= 4 is 31.5 Å². The molecule has 0 radical (unpaired) electrons. The van der Waals surface area contributed by atoms with Crippen molar-refractivity contribution in [1.82, 2.24) is 4.98 Å². The van der Waals surface area contributed by atoms with Gasteiger partial charge in [-0.2, -0.15) is 0 Å². The summed E-state index contributed by atoms with van der Waals surface area (Å²) in [6, 6.07) is 4.09. The number of aryl methyl sites for hydroxylation is 1. The molecule has 94 valence electrons. The van der Waals surface area contributed by atoms with E-state index in [-0.39, 0.29) is 17.5 Å². The van der Waals surface area contributed by atoms with E-state index in [0.717, 1.165) is 16.0 Å². The Bertz CT molecular complexity index is 502. The molecule has 0 atom stereocenters. The lowest BCUT2D eigenvalue weighted by Gasteiger charge is -2.24. The molecule has 1 fully saturated rings. The summed E-state index contributed by atoms with van der Waals surface area (Å²) in [4.78, 5) is 4.30. The van der Waals surface area contributed by atoms with Gasteiger partial charge < -0.3 is 5.32 Å². The lowest BCUT2D eigenvalue weighted by molar-refractivity contribution is 0.559. The first-order valence-corrected chi connectivity index (χ1v) is 8.18. The number of pyridine rings is 1. The number of rotatable bonds is 2. The van der Waals surface area contributed by atoms with Crippen LogP contribution in [0.4, 0.5) is 5.69 Å². The van der Waals surface area contributed by atoms with Crippen LogP contribution in [0.2, 0.25) is 0 Å². The maximum absolute atomic E-state index is 11.3. The molecule has 0 bridgehead atoms. The molecule has 0 saturated carbocycles. The Kier molecular flexibility index (Phi) is 3.73. The summed E-state index contributed by atoms with van der Waals surface area (Å²) in [7, 11) is -2.79. The maximum atomic E-state index is 11.3. The van der Waals surface area contributed by atoms with Crippen molar-refractivity contribution < 1.29 is 8.42 Å². The van der Waals surface area contributed by atoms with Crippen LogP contribution in [0, 0.1) is 6.92 Å². The maximum Gasteiger partial charge on any atom is 0.150 e. The highest BCUT2D eigenvalue weighted by molar-refractivity contribution is 9.10.